The van der Waals surface area contributed by atoms with Crippen LogP contribution in [0.15, 0.2) is 24.3 Å². The summed E-state index contributed by atoms with van der Waals surface area (Å²) in [6.45, 7) is 1.88. The smallest absolute Gasteiger partial charge is 0.304 e. The molecule has 1 fully saturated rings. The first-order valence-electron chi connectivity index (χ1n) is 6.92. The van der Waals surface area contributed by atoms with Crippen molar-refractivity contribution in [3.05, 3.63) is 24.3 Å². The van der Waals surface area contributed by atoms with Crippen molar-refractivity contribution in [2.24, 2.45) is 0 Å². The quantitative estimate of drug-likeness (QED) is 0.749. The van der Waals surface area contributed by atoms with E-state index in [0.717, 1.165) is 30.9 Å². The molecule has 0 unspecified atom stereocenters. The topological polar surface area (TPSA) is 59.0 Å². The van der Waals surface area contributed by atoms with Gasteiger partial charge in [-0.15, -0.1) is 0 Å². The number of aliphatic carboxylic acids is 1. The van der Waals surface area contributed by atoms with Gasteiger partial charge in [0.15, 0.2) is 11.5 Å². The molecule has 20 heavy (non-hydrogen) atoms. The van der Waals surface area contributed by atoms with E-state index in [1.54, 1.807) is 7.11 Å². The van der Waals surface area contributed by atoms with Crippen molar-refractivity contribution in [2.75, 3.05) is 26.8 Å². The van der Waals surface area contributed by atoms with Crippen LogP contribution in [-0.2, 0) is 4.79 Å². The van der Waals surface area contributed by atoms with Gasteiger partial charge in [-0.1, -0.05) is 12.1 Å². The predicted molar refractivity (Wildman–Crippen MR) is 75.3 cm³/mol. The van der Waals surface area contributed by atoms with E-state index in [9.17, 15) is 4.79 Å². The van der Waals surface area contributed by atoms with Crippen LogP contribution in [0.2, 0.25) is 0 Å². The predicted octanol–water partition coefficient (Wildman–Crippen LogP) is 2.01. The molecular weight excluding hydrogens is 258 g/mol. The van der Waals surface area contributed by atoms with E-state index in [1.807, 2.05) is 24.3 Å². The minimum absolute atomic E-state index is 0.186. The molecule has 1 aliphatic rings. The van der Waals surface area contributed by atoms with E-state index in [4.69, 9.17) is 14.6 Å². The van der Waals surface area contributed by atoms with Gasteiger partial charge in [0.1, 0.15) is 6.61 Å². The molecule has 5 nitrogen and oxygen atoms in total. The van der Waals surface area contributed by atoms with E-state index < -0.39 is 5.97 Å². The van der Waals surface area contributed by atoms with Gasteiger partial charge >= 0.3 is 5.97 Å². The Labute approximate surface area is 119 Å². The summed E-state index contributed by atoms with van der Waals surface area (Å²) in [6, 6.07) is 8.07. The molecule has 1 aromatic rings. The van der Waals surface area contributed by atoms with Gasteiger partial charge in [-0.3, -0.25) is 9.69 Å². The maximum atomic E-state index is 10.7. The Hall–Kier alpha value is -1.75. The maximum Gasteiger partial charge on any atom is 0.304 e. The van der Waals surface area contributed by atoms with Gasteiger partial charge in [0.05, 0.1) is 13.5 Å². The van der Waals surface area contributed by atoms with Gasteiger partial charge in [0.2, 0.25) is 0 Å². The van der Waals surface area contributed by atoms with Gasteiger partial charge < -0.3 is 14.6 Å². The van der Waals surface area contributed by atoms with Crippen LogP contribution in [-0.4, -0.2) is 48.8 Å². The molecule has 0 heterocycles. The van der Waals surface area contributed by atoms with Crippen LogP contribution in [0, 0.1) is 0 Å². The molecule has 0 aromatic heterocycles. The molecule has 0 radical (unpaired) electrons. The lowest BCUT2D eigenvalue weighted by atomic mass is 10.3. The van der Waals surface area contributed by atoms with Crippen molar-refractivity contribution < 1.29 is 19.4 Å². The largest absolute Gasteiger partial charge is 0.493 e. The molecule has 0 spiro atoms. The lowest BCUT2D eigenvalue weighted by Gasteiger charge is -2.21. The zero-order chi connectivity index (χ0) is 14.4. The average Bonchev–Trinajstić information content (AvgIpc) is 3.27. The van der Waals surface area contributed by atoms with Crippen molar-refractivity contribution in [3.63, 3.8) is 0 Å². The fourth-order valence-corrected chi connectivity index (χ4v) is 2.17. The summed E-state index contributed by atoms with van der Waals surface area (Å²) in [7, 11) is 1.62. The van der Waals surface area contributed by atoms with Crippen molar-refractivity contribution in [3.8, 4) is 11.5 Å². The van der Waals surface area contributed by atoms with E-state index >= 15 is 0 Å². The van der Waals surface area contributed by atoms with Crippen LogP contribution in [0.1, 0.15) is 19.3 Å². The zero-order valence-electron chi connectivity index (χ0n) is 11.7. The van der Waals surface area contributed by atoms with E-state index in [-0.39, 0.29) is 6.42 Å². The fraction of sp³-hybridized carbons (Fsp3) is 0.533. The summed E-state index contributed by atoms with van der Waals surface area (Å²) in [5, 5.41) is 8.76. The third kappa shape index (κ3) is 4.42. The maximum absolute atomic E-state index is 10.7. The van der Waals surface area contributed by atoms with E-state index in [1.165, 1.54) is 0 Å². The Balaban J connectivity index is 1.79. The molecule has 1 aliphatic carbocycles. The lowest BCUT2D eigenvalue weighted by molar-refractivity contribution is -0.137. The third-order valence-corrected chi connectivity index (χ3v) is 3.38. The molecule has 1 N–H and O–H groups in total. The highest BCUT2D eigenvalue weighted by molar-refractivity contribution is 5.66. The van der Waals surface area contributed by atoms with Crippen LogP contribution in [0.4, 0.5) is 0 Å². The Morgan fingerprint density at radius 1 is 1.30 bits per heavy atom. The number of para-hydroxylation sites is 2. The fourth-order valence-electron chi connectivity index (χ4n) is 2.17. The molecule has 0 atom stereocenters. The number of rotatable bonds is 9. The molecule has 1 aromatic carbocycles. The van der Waals surface area contributed by atoms with Gasteiger partial charge in [-0.2, -0.15) is 0 Å². The van der Waals surface area contributed by atoms with Crippen LogP contribution in [0.3, 0.4) is 0 Å². The van der Waals surface area contributed by atoms with Crippen molar-refractivity contribution in [1.82, 2.24) is 4.90 Å². The Morgan fingerprint density at radius 2 is 2.00 bits per heavy atom. The highest BCUT2D eigenvalue weighted by Crippen LogP contribution is 2.28. The van der Waals surface area contributed by atoms with Gasteiger partial charge in [0, 0.05) is 19.1 Å². The van der Waals surface area contributed by atoms with Crippen LogP contribution in [0.5, 0.6) is 11.5 Å². The summed E-state index contributed by atoms with van der Waals surface area (Å²) in [5.74, 6) is 0.696. The minimum Gasteiger partial charge on any atom is -0.493 e. The van der Waals surface area contributed by atoms with Gasteiger partial charge in [-0.25, -0.2) is 0 Å². The molecular formula is C15H21NO4. The summed E-state index contributed by atoms with van der Waals surface area (Å²) in [4.78, 5) is 12.8. The molecule has 0 amide bonds. The molecule has 1 saturated carbocycles. The monoisotopic (exact) mass is 279 g/mol. The number of methoxy groups -OCH3 is 1. The van der Waals surface area contributed by atoms with Gasteiger partial charge in [-0.05, 0) is 25.0 Å². The summed E-state index contributed by atoms with van der Waals surface area (Å²) >= 11 is 0. The summed E-state index contributed by atoms with van der Waals surface area (Å²) in [5.41, 5.74) is 0. The van der Waals surface area contributed by atoms with E-state index in [0.29, 0.717) is 19.2 Å². The highest BCUT2D eigenvalue weighted by atomic mass is 16.5. The van der Waals surface area contributed by atoms with Crippen molar-refractivity contribution in [1.29, 1.82) is 0 Å². The number of hydrogen-bond acceptors (Lipinski definition) is 4. The SMILES string of the molecule is COc1ccccc1OCCN(CCC(=O)O)C1CC1. The Morgan fingerprint density at radius 3 is 2.60 bits per heavy atom. The normalized spacial score (nSPS) is 14.3. The van der Waals surface area contributed by atoms with Gasteiger partial charge in [0.25, 0.3) is 0 Å². The number of benzene rings is 1. The number of hydrogen-bond donors (Lipinski definition) is 1. The third-order valence-electron chi connectivity index (χ3n) is 3.38. The molecule has 0 saturated heterocycles. The first kappa shape index (κ1) is 14.7. The molecule has 5 heteroatoms. The van der Waals surface area contributed by atoms with E-state index in [2.05, 4.69) is 4.90 Å². The highest BCUT2D eigenvalue weighted by Gasteiger charge is 2.28. The van der Waals surface area contributed by atoms with Crippen LogP contribution >= 0.6 is 0 Å². The second kappa shape index (κ2) is 7.14. The molecule has 2 rings (SSSR count). The van der Waals surface area contributed by atoms with Crippen molar-refractivity contribution >= 4 is 5.97 Å². The summed E-state index contributed by atoms with van der Waals surface area (Å²) < 4.78 is 11.0. The van der Waals surface area contributed by atoms with Crippen LogP contribution < -0.4 is 9.47 Å². The Bertz CT molecular complexity index is 445. The van der Waals surface area contributed by atoms with Crippen LogP contribution in [0.25, 0.3) is 0 Å². The first-order valence-corrected chi connectivity index (χ1v) is 6.92. The number of ether oxygens (including phenoxy) is 2. The number of carboxylic acid groups (broad SMARTS) is 1. The zero-order valence-corrected chi connectivity index (χ0v) is 11.7. The molecule has 110 valence electrons. The Kier molecular flexibility index (Phi) is 5.24. The number of carbonyl (C=O) groups is 1. The summed E-state index contributed by atoms with van der Waals surface area (Å²) in [6.07, 6.45) is 2.51. The van der Waals surface area contributed by atoms with Crippen molar-refractivity contribution in [2.45, 2.75) is 25.3 Å². The number of nitrogens with zero attached hydrogens (tertiary/aromatic N) is 1. The molecule has 0 bridgehead atoms. The number of carboxylic acids is 1. The lowest BCUT2D eigenvalue weighted by Crippen LogP contribution is -2.32. The average molecular weight is 279 g/mol. The minimum atomic E-state index is -0.749. The second-order valence-electron chi connectivity index (χ2n) is 4.91. The standard InChI is InChI=1S/C15H21NO4/c1-19-13-4-2-3-5-14(13)20-11-10-16(12-6-7-12)9-8-15(17)18/h2-5,12H,6-11H2,1H3,(H,17,18). The molecule has 0 aliphatic heterocycles. The second-order valence-corrected chi connectivity index (χ2v) is 4.91. The first-order chi connectivity index (χ1) is 9.70.